The molecule has 0 aliphatic heterocycles. The molecule has 0 saturated carbocycles. The van der Waals surface area contributed by atoms with Gasteiger partial charge in [-0.15, -0.1) is 13.2 Å². The first-order valence-electron chi connectivity index (χ1n) is 10.7. The van der Waals surface area contributed by atoms with Crippen LogP contribution in [0, 0.1) is 5.92 Å². The van der Waals surface area contributed by atoms with E-state index in [0.717, 1.165) is 12.8 Å². The van der Waals surface area contributed by atoms with Crippen LogP contribution in [0.25, 0.3) is 0 Å². The van der Waals surface area contributed by atoms with Crippen LogP contribution in [0.5, 0.6) is 0 Å². The Morgan fingerprint density at radius 3 is 2.21 bits per heavy atom. The number of hydrogen-bond acceptors (Lipinski definition) is 3. The highest BCUT2D eigenvalue weighted by Gasteiger charge is 2.41. The van der Waals surface area contributed by atoms with Crippen LogP contribution < -0.4 is 0 Å². The van der Waals surface area contributed by atoms with Gasteiger partial charge in [0, 0.05) is 13.0 Å². The van der Waals surface area contributed by atoms with Crippen molar-refractivity contribution in [1.29, 1.82) is 0 Å². The summed E-state index contributed by atoms with van der Waals surface area (Å²) < 4.78 is 18.3. The van der Waals surface area contributed by atoms with E-state index in [9.17, 15) is 0 Å². The molecule has 0 amide bonds. The second-order valence-corrected chi connectivity index (χ2v) is 14.3. The van der Waals surface area contributed by atoms with Crippen molar-refractivity contribution in [2.75, 3.05) is 20.3 Å². The first-order chi connectivity index (χ1) is 13.4. The normalized spacial score (nSPS) is 17.0. The fourth-order valence-corrected chi connectivity index (χ4v) is 4.18. The Kier molecular flexibility index (Phi) is 12.9. The van der Waals surface area contributed by atoms with Crippen LogP contribution in [0.2, 0.25) is 18.1 Å². The van der Waals surface area contributed by atoms with Crippen LogP contribution in [0.4, 0.5) is 0 Å². The summed E-state index contributed by atoms with van der Waals surface area (Å²) in [5.74, 6) is 0.195. The summed E-state index contributed by atoms with van der Waals surface area (Å²) in [5, 5.41) is 0.141. The van der Waals surface area contributed by atoms with Crippen LogP contribution in [0.15, 0.2) is 48.6 Å². The molecule has 0 aromatic heterocycles. The quantitative estimate of drug-likeness (QED) is 0.170. The number of ether oxygens (including phenoxy) is 2. The maximum Gasteiger partial charge on any atom is 0.192 e. The lowest BCUT2D eigenvalue weighted by atomic mass is 9.97. The van der Waals surface area contributed by atoms with Crippen LogP contribution in [-0.4, -0.2) is 40.8 Å². The second kappa shape index (κ2) is 13.4. The number of methoxy groups -OCH3 is 1. The van der Waals surface area contributed by atoms with Gasteiger partial charge in [0.05, 0.1) is 19.3 Å². The van der Waals surface area contributed by atoms with E-state index in [2.05, 4.69) is 79.9 Å². The lowest BCUT2D eigenvalue weighted by Crippen LogP contribution is -2.49. The molecule has 0 saturated heterocycles. The Labute approximate surface area is 182 Å². The molecule has 0 aliphatic carbocycles. The van der Waals surface area contributed by atoms with Gasteiger partial charge in [-0.3, -0.25) is 0 Å². The van der Waals surface area contributed by atoms with Crippen LogP contribution in [0.1, 0.15) is 54.4 Å². The molecule has 0 spiro atoms. The molecule has 0 heterocycles. The van der Waals surface area contributed by atoms with Crippen molar-refractivity contribution in [2.24, 2.45) is 5.92 Å². The van der Waals surface area contributed by atoms with Crippen molar-refractivity contribution in [1.82, 2.24) is 0 Å². The van der Waals surface area contributed by atoms with Crippen molar-refractivity contribution in [2.45, 2.75) is 84.7 Å². The summed E-state index contributed by atoms with van der Waals surface area (Å²) in [6, 6.07) is 0. The molecular formula is C25H46O3Si. The van der Waals surface area contributed by atoms with E-state index in [4.69, 9.17) is 13.9 Å². The van der Waals surface area contributed by atoms with Gasteiger partial charge in [0.25, 0.3) is 0 Å². The zero-order valence-electron chi connectivity index (χ0n) is 20.5. The van der Waals surface area contributed by atoms with Gasteiger partial charge >= 0.3 is 0 Å². The van der Waals surface area contributed by atoms with Crippen molar-refractivity contribution in [3.05, 3.63) is 48.6 Å². The Morgan fingerprint density at radius 1 is 1.10 bits per heavy atom. The third kappa shape index (κ3) is 10.6. The predicted octanol–water partition coefficient (Wildman–Crippen LogP) is 7.09. The summed E-state index contributed by atoms with van der Waals surface area (Å²) in [7, 11) is -0.211. The lowest BCUT2D eigenvalue weighted by molar-refractivity contribution is 0.00584. The summed E-state index contributed by atoms with van der Waals surface area (Å²) in [6.45, 7) is 26.8. The average Bonchev–Trinajstić information content (AvgIpc) is 2.62. The van der Waals surface area contributed by atoms with Gasteiger partial charge in [0.15, 0.2) is 8.32 Å². The molecule has 0 aromatic rings. The zero-order chi connectivity index (χ0) is 22.7. The van der Waals surface area contributed by atoms with Gasteiger partial charge < -0.3 is 13.9 Å². The van der Waals surface area contributed by atoms with Gasteiger partial charge in [-0.1, -0.05) is 63.1 Å². The lowest BCUT2D eigenvalue weighted by Gasteiger charge is -2.42. The highest BCUT2D eigenvalue weighted by Crippen LogP contribution is 2.39. The van der Waals surface area contributed by atoms with Crippen molar-refractivity contribution < 1.29 is 13.9 Å². The Hall–Kier alpha value is -0.943. The molecule has 0 rings (SSSR count). The van der Waals surface area contributed by atoms with E-state index in [1.54, 1.807) is 7.11 Å². The van der Waals surface area contributed by atoms with Gasteiger partial charge in [0.2, 0.25) is 0 Å². The van der Waals surface area contributed by atoms with Crippen molar-refractivity contribution in [3.63, 3.8) is 0 Å². The van der Waals surface area contributed by atoms with E-state index in [0.29, 0.717) is 13.2 Å². The van der Waals surface area contributed by atoms with Crippen molar-refractivity contribution in [3.8, 4) is 0 Å². The standard InChI is InChI=1S/C25H46O3Si/c1-12-14-15-20(3)16-17-27-19-21(4)18-22(5)24(23(13-2)26-9)28-29(10,11)25(6,7)8/h12-13,16,18,22-24H,1-2,14-15,17,19H2,3-11H3/t22-,23+,24+/m1/s1. The van der Waals surface area contributed by atoms with Crippen LogP contribution >= 0.6 is 0 Å². The Morgan fingerprint density at radius 2 is 1.72 bits per heavy atom. The fourth-order valence-electron chi connectivity index (χ4n) is 2.80. The highest BCUT2D eigenvalue weighted by atomic mass is 28.4. The summed E-state index contributed by atoms with van der Waals surface area (Å²) >= 11 is 0. The molecule has 0 bridgehead atoms. The predicted molar refractivity (Wildman–Crippen MR) is 130 cm³/mol. The summed E-state index contributed by atoms with van der Waals surface area (Å²) in [4.78, 5) is 0. The molecule has 168 valence electrons. The van der Waals surface area contributed by atoms with E-state index in [-0.39, 0.29) is 23.2 Å². The van der Waals surface area contributed by atoms with Gasteiger partial charge in [-0.25, -0.2) is 0 Å². The molecule has 0 aliphatic rings. The van der Waals surface area contributed by atoms with Crippen LogP contribution in [-0.2, 0) is 13.9 Å². The zero-order valence-corrected chi connectivity index (χ0v) is 21.5. The second-order valence-electron chi connectivity index (χ2n) is 9.54. The minimum Gasteiger partial charge on any atom is -0.410 e. The monoisotopic (exact) mass is 422 g/mol. The van der Waals surface area contributed by atoms with E-state index in [1.165, 1.54) is 11.1 Å². The Bertz CT molecular complexity index is 555. The SMILES string of the molecule is C=CCCC(C)=CCOCC(C)=C[C@@H](C)[C@H](O[Si](C)(C)C(C)(C)C)[C@H](C=C)OC. The molecular weight excluding hydrogens is 376 g/mol. The van der Waals surface area contributed by atoms with Gasteiger partial charge in [-0.2, -0.15) is 0 Å². The molecule has 3 atom stereocenters. The number of hydrogen-bond donors (Lipinski definition) is 0. The molecule has 0 fully saturated rings. The largest absolute Gasteiger partial charge is 0.410 e. The highest BCUT2D eigenvalue weighted by molar-refractivity contribution is 6.74. The first kappa shape index (κ1) is 28.1. The molecule has 3 nitrogen and oxygen atoms in total. The third-order valence-corrected chi connectivity index (χ3v) is 10.2. The van der Waals surface area contributed by atoms with Gasteiger partial charge in [0.1, 0.15) is 6.10 Å². The molecule has 0 aromatic carbocycles. The van der Waals surface area contributed by atoms with Crippen LogP contribution in [0.3, 0.4) is 0 Å². The maximum absolute atomic E-state index is 6.74. The maximum atomic E-state index is 6.74. The molecule has 29 heavy (non-hydrogen) atoms. The smallest absolute Gasteiger partial charge is 0.192 e. The van der Waals surface area contributed by atoms with Crippen molar-refractivity contribution >= 4 is 8.32 Å². The summed E-state index contributed by atoms with van der Waals surface area (Å²) in [6.07, 6.45) is 10.1. The summed E-state index contributed by atoms with van der Waals surface area (Å²) in [5.41, 5.74) is 2.55. The molecule has 0 unspecified atom stereocenters. The average molecular weight is 423 g/mol. The molecule has 4 heteroatoms. The number of allylic oxidation sites excluding steroid dienone is 2. The van der Waals surface area contributed by atoms with E-state index < -0.39 is 8.32 Å². The van der Waals surface area contributed by atoms with Gasteiger partial charge in [-0.05, 0) is 44.8 Å². The van der Waals surface area contributed by atoms with E-state index in [1.807, 2.05) is 12.2 Å². The molecule has 0 N–H and O–H groups in total. The Balaban J connectivity index is 5.08. The van der Waals surface area contributed by atoms with E-state index >= 15 is 0 Å². The fraction of sp³-hybridized carbons (Fsp3) is 0.680. The molecule has 0 radical (unpaired) electrons. The topological polar surface area (TPSA) is 27.7 Å². The minimum absolute atomic E-state index is 0.0608. The first-order valence-corrected chi connectivity index (χ1v) is 13.6. The number of rotatable bonds is 14. The third-order valence-electron chi connectivity index (χ3n) is 5.75. The minimum atomic E-state index is -1.94.